The number of ether oxygens (including phenoxy) is 2. The summed E-state index contributed by atoms with van der Waals surface area (Å²) < 4.78 is 24.8. The monoisotopic (exact) mass is 752 g/mol. The van der Waals surface area contributed by atoms with Gasteiger partial charge in [0.2, 0.25) is 0 Å². The quantitative estimate of drug-likeness (QED) is 0.154. The number of fused-ring (bicyclic) bond motifs is 8. The van der Waals surface area contributed by atoms with Gasteiger partial charge in [-0.15, -0.1) is 0 Å². The number of nitrogens with zero attached hydrogens (tertiary/aromatic N) is 2. The van der Waals surface area contributed by atoms with Gasteiger partial charge in [0.25, 0.3) is 0 Å². The number of methoxy groups -OCH3 is 2. The minimum Gasteiger partial charge on any atom is -0.495 e. The SMILES string of the molecule is COc1ccccc1N(c1ccccc1)c1ccc2cc3c(cc2c1)oc1cc2oc4cc5cc(N(c6ccccc6)c6ccccc6OC)ccc5cc4c2cc13. The van der Waals surface area contributed by atoms with Gasteiger partial charge in [0, 0.05) is 50.4 Å². The fourth-order valence-electron chi connectivity index (χ4n) is 8.42. The van der Waals surface area contributed by atoms with Crippen LogP contribution in [0, 0.1) is 0 Å². The van der Waals surface area contributed by atoms with Gasteiger partial charge in [0.05, 0.1) is 25.6 Å². The molecule has 0 amide bonds. The molecule has 0 aliphatic carbocycles. The number of rotatable bonds is 8. The second kappa shape index (κ2) is 13.5. The zero-order valence-corrected chi connectivity index (χ0v) is 31.8. The molecule has 278 valence electrons. The van der Waals surface area contributed by atoms with Crippen LogP contribution in [0.3, 0.4) is 0 Å². The Hall–Kier alpha value is -7.70. The van der Waals surface area contributed by atoms with Crippen molar-refractivity contribution in [3.05, 3.63) is 182 Å². The van der Waals surface area contributed by atoms with Crippen molar-refractivity contribution in [3.63, 3.8) is 0 Å². The molecule has 2 heterocycles. The van der Waals surface area contributed by atoms with E-state index in [1.807, 2.05) is 54.6 Å². The van der Waals surface area contributed by atoms with Gasteiger partial charge in [-0.2, -0.15) is 0 Å². The number of anilines is 6. The lowest BCUT2D eigenvalue weighted by molar-refractivity contribution is 0.416. The third kappa shape index (κ3) is 5.49. The number of para-hydroxylation sites is 6. The number of hydrogen-bond acceptors (Lipinski definition) is 6. The summed E-state index contributed by atoms with van der Waals surface area (Å²) in [6.07, 6.45) is 0. The lowest BCUT2D eigenvalue weighted by Crippen LogP contribution is -2.11. The van der Waals surface area contributed by atoms with Crippen molar-refractivity contribution >= 4 is 99.5 Å². The van der Waals surface area contributed by atoms with E-state index in [1.54, 1.807) is 14.2 Å². The molecule has 0 N–H and O–H groups in total. The van der Waals surface area contributed by atoms with Crippen molar-refractivity contribution in [2.75, 3.05) is 24.0 Å². The Morgan fingerprint density at radius 1 is 0.328 bits per heavy atom. The van der Waals surface area contributed by atoms with Crippen molar-refractivity contribution in [1.82, 2.24) is 0 Å². The molecule has 0 unspecified atom stereocenters. The van der Waals surface area contributed by atoms with E-state index in [4.69, 9.17) is 18.3 Å². The average Bonchev–Trinajstić information content (AvgIpc) is 3.80. The zero-order valence-electron chi connectivity index (χ0n) is 31.8. The summed E-state index contributed by atoms with van der Waals surface area (Å²) in [5, 5.41) is 8.67. The van der Waals surface area contributed by atoms with Crippen molar-refractivity contribution in [2.24, 2.45) is 0 Å². The molecule has 11 aromatic rings. The van der Waals surface area contributed by atoms with Crippen LogP contribution in [0.1, 0.15) is 0 Å². The van der Waals surface area contributed by atoms with Gasteiger partial charge in [-0.1, -0.05) is 72.8 Å². The third-order valence-electron chi connectivity index (χ3n) is 11.1. The smallest absolute Gasteiger partial charge is 0.142 e. The van der Waals surface area contributed by atoms with Gasteiger partial charge in [0.1, 0.15) is 33.8 Å². The molecule has 9 aromatic carbocycles. The van der Waals surface area contributed by atoms with Gasteiger partial charge >= 0.3 is 0 Å². The van der Waals surface area contributed by atoms with Crippen molar-refractivity contribution in [3.8, 4) is 11.5 Å². The predicted octanol–water partition coefficient (Wildman–Crippen LogP) is 14.7. The largest absolute Gasteiger partial charge is 0.495 e. The molecule has 11 rings (SSSR count). The molecule has 6 heteroatoms. The summed E-state index contributed by atoms with van der Waals surface area (Å²) in [5.74, 6) is 1.60. The highest BCUT2D eigenvalue weighted by Crippen LogP contribution is 2.45. The Kier molecular flexibility index (Phi) is 7.83. The van der Waals surface area contributed by atoms with Crippen LogP contribution in [0.15, 0.2) is 191 Å². The Labute approximate surface area is 334 Å². The Balaban J connectivity index is 1.01. The summed E-state index contributed by atoms with van der Waals surface area (Å²) in [6.45, 7) is 0. The van der Waals surface area contributed by atoms with Crippen LogP contribution >= 0.6 is 0 Å². The standard InChI is InChI=1S/C52H36N2O4/c1-55-47-19-11-9-17-45(47)53(37-13-5-3-6-14-37)39-23-21-33-27-41-43-31-44-42-28-34-22-24-40(54(38-15-7-4-8-16-38)46-18-10-12-20-48(46)56-2)26-36(34)30-50(42)58-52(44)32-51(43)57-49(41)29-35(33)25-39/h3-32H,1-2H3. The van der Waals surface area contributed by atoms with Crippen LogP contribution in [0.2, 0.25) is 0 Å². The first-order valence-corrected chi connectivity index (χ1v) is 19.3. The van der Waals surface area contributed by atoms with Gasteiger partial charge in [0.15, 0.2) is 0 Å². The van der Waals surface area contributed by atoms with Crippen molar-refractivity contribution < 1.29 is 18.3 Å². The minimum absolute atomic E-state index is 0.791. The molecular formula is C52H36N2O4. The third-order valence-corrected chi connectivity index (χ3v) is 11.1. The fraction of sp³-hybridized carbons (Fsp3) is 0.0385. The highest BCUT2D eigenvalue weighted by molar-refractivity contribution is 6.18. The highest BCUT2D eigenvalue weighted by Gasteiger charge is 2.20. The number of furan rings is 2. The maximum atomic E-state index is 6.58. The van der Waals surface area contributed by atoms with Crippen LogP contribution in [-0.2, 0) is 0 Å². The fourth-order valence-corrected chi connectivity index (χ4v) is 8.42. The van der Waals surface area contributed by atoms with E-state index < -0.39 is 0 Å². The first kappa shape index (κ1) is 33.6. The van der Waals surface area contributed by atoms with E-state index >= 15 is 0 Å². The summed E-state index contributed by atoms with van der Waals surface area (Å²) in [5.41, 5.74) is 9.30. The van der Waals surface area contributed by atoms with E-state index in [0.29, 0.717) is 0 Å². The predicted molar refractivity (Wildman–Crippen MR) is 238 cm³/mol. The second-order valence-corrected chi connectivity index (χ2v) is 14.5. The molecule has 0 aliphatic rings. The van der Waals surface area contributed by atoms with E-state index in [9.17, 15) is 0 Å². The Bertz CT molecular complexity index is 3110. The Morgan fingerprint density at radius 2 is 0.724 bits per heavy atom. The van der Waals surface area contributed by atoms with Gasteiger partial charge in [-0.05, 0) is 125 Å². The van der Waals surface area contributed by atoms with Gasteiger partial charge in [-0.3, -0.25) is 0 Å². The molecule has 0 atom stereocenters. The number of benzene rings is 9. The summed E-state index contributed by atoms with van der Waals surface area (Å²) in [6, 6.07) is 63.1. The Morgan fingerprint density at radius 3 is 1.17 bits per heavy atom. The molecule has 0 fully saturated rings. The minimum atomic E-state index is 0.791. The summed E-state index contributed by atoms with van der Waals surface area (Å²) in [7, 11) is 3.42. The van der Waals surface area contributed by atoms with E-state index in [2.05, 4.69) is 137 Å². The summed E-state index contributed by atoms with van der Waals surface area (Å²) in [4.78, 5) is 4.45. The van der Waals surface area contributed by atoms with Gasteiger partial charge < -0.3 is 28.1 Å². The molecule has 0 radical (unpaired) electrons. The lowest BCUT2D eigenvalue weighted by atomic mass is 10.0. The number of hydrogen-bond donors (Lipinski definition) is 0. The first-order valence-electron chi connectivity index (χ1n) is 19.3. The maximum absolute atomic E-state index is 6.58. The molecule has 0 bridgehead atoms. The molecule has 0 saturated carbocycles. The normalized spacial score (nSPS) is 11.6. The molecule has 58 heavy (non-hydrogen) atoms. The van der Waals surface area contributed by atoms with Crippen LogP contribution in [0.25, 0.3) is 65.4 Å². The van der Waals surface area contributed by atoms with E-state index in [-0.39, 0.29) is 0 Å². The molecule has 0 aliphatic heterocycles. The van der Waals surface area contributed by atoms with Crippen molar-refractivity contribution in [1.29, 1.82) is 0 Å². The van der Waals surface area contributed by atoms with E-state index in [0.717, 1.165) is 111 Å². The van der Waals surface area contributed by atoms with Crippen molar-refractivity contribution in [2.45, 2.75) is 0 Å². The summed E-state index contributed by atoms with van der Waals surface area (Å²) >= 11 is 0. The molecule has 0 spiro atoms. The zero-order chi connectivity index (χ0) is 38.7. The highest BCUT2D eigenvalue weighted by atomic mass is 16.5. The first-order chi connectivity index (χ1) is 28.6. The van der Waals surface area contributed by atoms with E-state index in [1.165, 1.54) is 0 Å². The molecule has 6 nitrogen and oxygen atoms in total. The molecule has 2 aromatic heterocycles. The lowest BCUT2D eigenvalue weighted by Gasteiger charge is -2.27. The van der Waals surface area contributed by atoms with Crippen LogP contribution in [-0.4, -0.2) is 14.2 Å². The van der Waals surface area contributed by atoms with Crippen LogP contribution in [0.4, 0.5) is 34.1 Å². The van der Waals surface area contributed by atoms with Crippen LogP contribution < -0.4 is 19.3 Å². The van der Waals surface area contributed by atoms with Crippen LogP contribution in [0.5, 0.6) is 11.5 Å². The second-order valence-electron chi connectivity index (χ2n) is 14.5. The molecule has 0 saturated heterocycles. The molecular weight excluding hydrogens is 717 g/mol. The van der Waals surface area contributed by atoms with Gasteiger partial charge in [-0.25, -0.2) is 0 Å². The maximum Gasteiger partial charge on any atom is 0.142 e. The topological polar surface area (TPSA) is 51.2 Å². The average molecular weight is 753 g/mol.